The minimum atomic E-state index is 0.161. The number of nitrogens with zero attached hydrogens (tertiary/aromatic N) is 1. The van der Waals surface area contributed by atoms with Crippen molar-refractivity contribution in [2.24, 2.45) is 0 Å². The Hall–Kier alpha value is -0.350. The number of rotatable bonds is 6. The van der Waals surface area contributed by atoms with E-state index in [1.54, 1.807) is 0 Å². The van der Waals surface area contributed by atoms with E-state index in [0.717, 1.165) is 31.0 Å². The fourth-order valence-electron chi connectivity index (χ4n) is 1.05. The minimum Gasteiger partial charge on any atom is -0.395 e. The lowest BCUT2D eigenvalue weighted by Crippen LogP contribution is -2.41. The van der Waals surface area contributed by atoms with Crippen LogP contribution in [-0.2, 0) is 0 Å². The van der Waals surface area contributed by atoms with Gasteiger partial charge in [-0.3, -0.25) is 0 Å². The van der Waals surface area contributed by atoms with Gasteiger partial charge in [-0.1, -0.05) is 41.5 Å². The van der Waals surface area contributed by atoms with Crippen LogP contribution in [0, 0.1) is 0 Å². The summed E-state index contributed by atoms with van der Waals surface area (Å²) in [5, 5.41) is 12.7. The molecule has 17 heavy (non-hydrogen) atoms. The van der Waals surface area contributed by atoms with Crippen LogP contribution in [0.25, 0.3) is 0 Å². The highest BCUT2D eigenvalue weighted by Gasteiger charge is 2.05. The first-order valence-electron chi connectivity index (χ1n) is 6.89. The normalized spacial score (nSPS) is 8.18. The molecule has 0 aliphatic heterocycles. The zero-order valence-electron chi connectivity index (χ0n) is 12.5. The number of aliphatic hydroxyl groups excluding tert-OH is 1. The van der Waals surface area contributed by atoms with Crippen LogP contribution >= 0.6 is 12.2 Å². The number of thiocarbonyl (C=S) groups is 1. The predicted octanol–water partition coefficient (Wildman–Crippen LogP) is 3.03. The van der Waals surface area contributed by atoms with Gasteiger partial charge in [0.2, 0.25) is 0 Å². The van der Waals surface area contributed by atoms with E-state index < -0.39 is 0 Å². The topological polar surface area (TPSA) is 35.5 Å². The van der Waals surface area contributed by atoms with Crippen LogP contribution in [0.5, 0.6) is 0 Å². The Morgan fingerprint density at radius 2 is 1.59 bits per heavy atom. The van der Waals surface area contributed by atoms with Crippen molar-refractivity contribution in [2.45, 2.75) is 54.4 Å². The molecule has 0 aromatic rings. The van der Waals surface area contributed by atoms with Gasteiger partial charge >= 0.3 is 0 Å². The number of hydrogen-bond acceptors (Lipinski definition) is 2. The molecule has 0 aliphatic carbocycles. The molecule has 0 bridgehead atoms. The first-order valence-corrected chi connectivity index (χ1v) is 7.30. The third-order valence-corrected chi connectivity index (χ3v) is 2.08. The van der Waals surface area contributed by atoms with Gasteiger partial charge in [-0.25, -0.2) is 0 Å². The second kappa shape index (κ2) is 21.0. The molecule has 0 saturated carbocycles. The van der Waals surface area contributed by atoms with E-state index >= 15 is 0 Å². The molecule has 0 saturated heterocycles. The van der Waals surface area contributed by atoms with Gasteiger partial charge in [-0.05, 0) is 25.1 Å². The van der Waals surface area contributed by atoms with Gasteiger partial charge < -0.3 is 15.3 Å². The molecular formula is C13H32N2OS. The van der Waals surface area contributed by atoms with Crippen molar-refractivity contribution >= 4 is 17.3 Å². The second-order valence-corrected chi connectivity index (χ2v) is 3.33. The average molecular weight is 264 g/mol. The van der Waals surface area contributed by atoms with Crippen molar-refractivity contribution in [3.05, 3.63) is 0 Å². The molecule has 0 radical (unpaired) electrons. The fourth-order valence-corrected chi connectivity index (χ4v) is 1.33. The SMILES string of the molecule is CC.CC.CCCNC(=S)N(CCC)CCO. The molecule has 4 heteroatoms. The van der Waals surface area contributed by atoms with Crippen LogP contribution in [0.4, 0.5) is 0 Å². The number of aliphatic hydroxyl groups is 1. The Morgan fingerprint density at radius 3 is 1.94 bits per heavy atom. The van der Waals surface area contributed by atoms with E-state index in [9.17, 15) is 0 Å². The van der Waals surface area contributed by atoms with E-state index in [0.29, 0.717) is 6.54 Å². The van der Waals surface area contributed by atoms with Crippen LogP contribution in [-0.4, -0.2) is 41.4 Å². The molecular weight excluding hydrogens is 232 g/mol. The maximum absolute atomic E-state index is 8.81. The molecule has 3 nitrogen and oxygen atoms in total. The molecule has 0 unspecified atom stereocenters. The largest absolute Gasteiger partial charge is 0.395 e. The minimum absolute atomic E-state index is 0.161. The van der Waals surface area contributed by atoms with Crippen LogP contribution in [0.1, 0.15) is 54.4 Å². The molecule has 0 heterocycles. The van der Waals surface area contributed by atoms with E-state index in [4.69, 9.17) is 17.3 Å². The lowest BCUT2D eigenvalue weighted by Gasteiger charge is -2.24. The van der Waals surface area contributed by atoms with Gasteiger partial charge in [-0.15, -0.1) is 0 Å². The Labute approximate surface area is 114 Å². The van der Waals surface area contributed by atoms with Crippen molar-refractivity contribution in [2.75, 3.05) is 26.2 Å². The molecule has 0 amide bonds. The Balaban J connectivity index is -0.000000439. The van der Waals surface area contributed by atoms with Crippen molar-refractivity contribution < 1.29 is 5.11 Å². The van der Waals surface area contributed by atoms with E-state index in [2.05, 4.69) is 19.2 Å². The zero-order valence-corrected chi connectivity index (χ0v) is 13.4. The standard InChI is InChI=1S/C9H20N2OS.2C2H6/c1-3-5-10-9(13)11(6-4-2)7-8-12;2*1-2/h12H,3-8H2,1-2H3,(H,10,13);2*1-2H3. The summed E-state index contributed by atoms with van der Waals surface area (Å²) in [6.07, 6.45) is 2.12. The molecule has 0 fully saturated rings. The molecule has 106 valence electrons. The third-order valence-electron chi connectivity index (χ3n) is 1.68. The van der Waals surface area contributed by atoms with Crippen LogP contribution in [0.2, 0.25) is 0 Å². The van der Waals surface area contributed by atoms with Crippen molar-refractivity contribution in [1.29, 1.82) is 0 Å². The Morgan fingerprint density at radius 1 is 1.06 bits per heavy atom. The molecule has 0 atom stereocenters. The highest BCUT2D eigenvalue weighted by Crippen LogP contribution is 1.92. The molecule has 0 spiro atoms. The average Bonchev–Trinajstić information content (AvgIpc) is 2.40. The summed E-state index contributed by atoms with van der Waals surface area (Å²) in [5.41, 5.74) is 0. The van der Waals surface area contributed by atoms with Gasteiger partial charge in [0.1, 0.15) is 0 Å². The van der Waals surface area contributed by atoms with Crippen LogP contribution < -0.4 is 5.32 Å². The fraction of sp³-hybridized carbons (Fsp3) is 0.923. The first-order chi connectivity index (χ1) is 8.26. The monoisotopic (exact) mass is 264 g/mol. The predicted molar refractivity (Wildman–Crippen MR) is 82.5 cm³/mol. The summed E-state index contributed by atoms with van der Waals surface area (Å²) < 4.78 is 0. The molecule has 0 aromatic heterocycles. The second-order valence-electron chi connectivity index (χ2n) is 2.94. The number of hydrogen-bond donors (Lipinski definition) is 2. The van der Waals surface area contributed by atoms with E-state index in [1.807, 2.05) is 32.6 Å². The van der Waals surface area contributed by atoms with Gasteiger partial charge in [-0.2, -0.15) is 0 Å². The molecule has 0 aromatic carbocycles. The van der Waals surface area contributed by atoms with E-state index in [1.165, 1.54) is 0 Å². The molecule has 0 rings (SSSR count). The maximum atomic E-state index is 8.81. The first kappa shape index (κ1) is 21.9. The highest BCUT2D eigenvalue weighted by molar-refractivity contribution is 7.80. The highest BCUT2D eigenvalue weighted by atomic mass is 32.1. The quantitative estimate of drug-likeness (QED) is 0.723. The molecule has 2 N–H and O–H groups in total. The van der Waals surface area contributed by atoms with Crippen molar-refractivity contribution in [1.82, 2.24) is 10.2 Å². The van der Waals surface area contributed by atoms with Gasteiger partial charge in [0.05, 0.1) is 6.61 Å². The lowest BCUT2D eigenvalue weighted by molar-refractivity contribution is 0.248. The number of nitrogens with one attached hydrogen (secondary N) is 1. The molecule has 0 aliphatic rings. The summed E-state index contributed by atoms with van der Waals surface area (Å²) in [6.45, 7) is 14.8. The van der Waals surface area contributed by atoms with Gasteiger partial charge in [0, 0.05) is 19.6 Å². The Kier molecular flexibility index (Phi) is 27.0. The van der Waals surface area contributed by atoms with Crippen LogP contribution in [0.3, 0.4) is 0 Å². The summed E-state index contributed by atoms with van der Waals surface area (Å²) in [5.74, 6) is 0. The smallest absolute Gasteiger partial charge is 0.169 e. The van der Waals surface area contributed by atoms with E-state index in [-0.39, 0.29) is 6.61 Å². The van der Waals surface area contributed by atoms with Crippen LogP contribution in [0.15, 0.2) is 0 Å². The van der Waals surface area contributed by atoms with Crippen molar-refractivity contribution in [3.8, 4) is 0 Å². The lowest BCUT2D eigenvalue weighted by atomic mass is 10.4. The maximum Gasteiger partial charge on any atom is 0.169 e. The summed E-state index contributed by atoms with van der Waals surface area (Å²) in [7, 11) is 0. The summed E-state index contributed by atoms with van der Waals surface area (Å²) >= 11 is 5.18. The third kappa shape index (κ3) is 15.6. The Bertz CT molecular complexity index is 137. The zero-order chi connectivity index (χ0) is 14.1. The van der Waals surface area contributed by atoms with Gasteiger partial charge in [0.15, 0.2) is 5.11 Å². The summed E-state index contributed by atoms with van der Waals surface area (Å²) in [6, 6.07) is 0. The summed E-state index contributed by atoms with van der Waals surface area (Å²) in [4.78, 5) is 2.00. The van der Waals surface area contributed by atoms with Gasteiger partial charge in [0.25, 0.3) is 0 Å². The van der Waals surface area contributed by atoms with Crippen molar-refractivity contribution in [3.63, 3.8) is 0 Å².